The first-order valence-electron chi connectivity index (χ1n) is 20.9. The van der Waals surface area contributed by atoms with E-state index in [2.05, 4.69) is 36.1 Å². The van der Waals surface area contributed by atoms with E-state index in [0.29, 0.717) is 42.6 Å². The van der Waals surface area contributed by atoms with Crippen LogP contribution in [0.15, 0.2) is 0 Å². The lowest BCUT2D eigenvalue weighted by atomic mass is 9.45. The Morgan fingerprint density at radius 2 is 1.74 bits per heavy atom. The normalized spacial score (nSPS) is 41.3. The molecular formula is C40H70N4O8S. The van der Waals surface area contributed by atoms with Crippen LogP contribution in [0.5, 0.6) is 0 Å². The van der Waals surface area contributed by atoms with E-state index in [1.54, 1.807) is 19.1 Å². The van der Waals surface area contributed by atoms with Crippen LogP contribution in [-0.4, -0.2) is 105 Å². The van der Waals surface area contributed by atoms with Crippen LogP contribution in [0.4, 0.5) is 0 Å². The highest BCUT2D eigenvalue weighted by atomic mass is 32.2. The van der Waals surface area contributed by atoms with E-state index in [9.17, 15) is 28.2 Å². The molecule has 0 radical (unpaired) electrons. The fraction of sp³-hybridized carbons (Fsp3) is 0.950. The van der Waals surface area contributed by atoms with E-state index in [-0.39, 0.29) is 60.1 Å². The van der Waals surface area contributed by atoms with Crippen LogP contribution >= 0.6 is 0 Å². The second kappa shape index (κ2) is 17.0. The largest absolute Gasteiger partial charge is 0.394 e. The second-order valence-electron chi connectivity index (χ2n) is 18.7. The molecule has 14 atom stereocenters. The molecular weight excluding hydrogens is 697 g/mol. The molecule has 5 N–H and O–H groups in total. The molecule has 1 heterocycles. The van der Waals surface area contributed by atoms with Gasteiger partial charge in [-0.15, -0.1) is 0 Å². The number of amides is 2. The van der Waals surface area contributed by atoms with Gasteiger partial charge in [-0.3, -0.25) is 19.1 Å². The van der Waals surface area contributed by atoms with Crippen molar-refractivity contribution in [3.63, 3.8) is 0 Å². The third-order valence-electron chi connectivity index (χ3n) is 15.3. The number of aliphatic hydroxyl groups excluding tert-OH is 2. The van der Waals surface area contributed by atoms with Crippen LogP contribution in [0, 0.1) is 58.7 Å². The monoisotopic (exact) mass is 766 g/mol. The van der Waals surface area contributed by atoms with E-state index >= 15 is 0 Å². The predicted octanol–water partition coefficient (Wildman–Crippen LogP) is 3.61. The van der Waals surface area contributed by atoms with Crippen molar-refractivity contribution in [3.8, 4) is 0 Å². The first-order valence-corrected chi connectivity index (χ1v) is 22.6. The maximum absolute atomic E-state index is 14.3. The number of rotatable bonds is 13. The highest BCUT2D eigenvalue weighted by Crippen LogP contribution is 2.61. The zero-order chi connectivity index (χ0) is 38.2. The molecule has 0 aromatic rings. The van der Waals surface area contributed by atoms with Gasteiger partial charge < -0.3 is 25.6 Å². The lowest BCUT2D eigenvalue weighted by molar-refractivity contribution is -0.193. The number of carbonyl (C=O) groups excluding carboxylic acids is 2. The zero-order valence-electron chi connectivity index (χ0n) is 33.2. The molecule has 0 aromatic carbocycles. The SMILES string of the molecule is CNC1CC(C(=O)NS(=O)(=O)CC2CCCCC2)CC(C2CCCC(CN3O[C@@H](CO)[C@@H]([C@H](C)O)[C@H]3C(=O)N[C@H]3C[C@H]4C[C@@H]([C@@H]3C)C4(C)C)C2OC)C1. The average Bonchev–Trinajstić information content (AvgIpc) is 3.50. The molecule has 6 aliphatic carbocycles. The Morgan fingerprint density at radius 1 is 1.00 bits per heavy atom. The molecule has 0 aromatic heterocycles. The Labute approximate surface area is 318 Å². The number of ether oxygens (including phenoxy) is 1. The minimum atomic E-state index is -3.71. The summed E-state index contributed by atoms with van der Waals surface area (Å²) in [6.07, 6.45) is 10.3. The molecule has 304 valence electrons. The summed E-state index contributed by atoms with van der Waals surface area (Å²) >= 11 is 0. The molecule has 6 saturated carbocycles. The number of methoxy groups -OCH3 is 1. The molecule has 1 aliphatic heterocycles. The summed E-state index contributed by atoms with van der Waals surface area (Å²) in [7, 11) is -0.0747. The molecule has 7 aliphatic rings. The van der Waals surface area contributed by atoms with Crippen molar-refractivity contribution >= 4 is 21.8 Å². The van der Waals surface area contributed by atoms with Gasteiger partial charge in [0.1, 0.15) is 12.1 Å². The van der Waals surface area contributed by atoms with Gasteiger partial charge in [0.15, 0.2) is 0 Å². The smallest absolute Gasteiger partial charge is 0.240 e. The van der Waals surface area contributed by atoms with Gasteiger partial charge in [0.05, 0.1) is 24.6 Å². The summed E-state index contributed by atoms with van der Waals surface area (Å²) in [6.45, 7) is 8.72. The van der Waals surface area contributed by atoms with Crippen molar-refractivity contribution in [3.05, 3.63) is 0 Å². The first-order chi connectivity index (χ1) is 25.2. The molecule has 2 bridgehead atoms. The van der Waals surface area contributed by atoms with Gasteiger partial charge in [0.25, 0.3) is 0 Å². The van der Waals surface area contributed by atoms with Crippen LogP contribution in [-0.2, 0) is 29.2 Å². The first kappa shape index (κ1) is 41.3. The molecule has 13 heteroatoms. The number of nitrogens with one attached hydrogen (secondary N) is 3. The Morgan fingerprint density at radius 3 is 2.36 bits per heavy atom. The van der Waals surface area contributed by atoms with Gasteiger partial charge in [-0.25, -0.2) is 8.42 Å². The number of carbonyl (C=O) groups is 2. The second-order valence-corrected chi connectivity index (χ2v) is 20.5. The molecule has 1 saturated heterocycles. The lowest BCUT2D eigenvalue weighted by Crippen LogP contribution is -2.62. The molecule has 12 nitrogen and oxygen atoms in total. The fourth-order valence-corrected chi connectivity index (χ4v) is 13.7. The van der Waals surface area contributed by atoms with Crippen molar-refractivity contribution < 1.29 is 37.8 Å². The molecule has 7 fully saturated rings. The quantitative estimate of drug-likeness (QED) is 0.187. The van der Waals surface area contributed by atoms with Crippen LogP contribution < -0.4 is 15.4 Å². The van der Waals surface area contributed by atoms with Crippen LogP contribution in [0.25, 0.3) is 0 Å². The number of hydrogen-bond donors (Lipinski definition) is 5. The number of fused-ring (bicyclic) bond motifs is 2. The number of sulfonamides is 1. The Hall–Kier alpha value is -1.35. The minimum Gasteiger partial charge on any atom is -0.394 e. The maximum atomic E-state index is 14.3. The van der Waals surface area contributed by atoms with Gasteiger partial charge in [-0.05, 0) is 113 Å². The van der Waals surface area contributed by atoms with Crippen LogP contribution in [0.2, 0.25) is 0 Å². The van der Waals surface area contributed by atoms with Crippen LogP contribution in [0.3, 0.4) is 0 Å². The summed E-state index contributed by atoms with van der Waals surface area (Å²) < 4.78 is 35.0. The lowest BCUT2D eigenvalue weighted by Gasteiger charge is -2.62. The molecule has 0 spiro atoms. The van der Waals surface area contributed by atoms with Gasteiger partial charge in [0.2, 0.25) is 21.8 Å². The van der Waals surface area contributed by atoms with Gasteiger partial charge in [-0.1, -0.05) is 46.5 Å². The Bertz CT molecular complexity index is 1370. The zero-order valence-corrected chi connectivity index (χ0v) is 34.0. The maximum Gasteiger partial charge on any atom is 0.240 e. The van der Waals surface area contributed by atoms with Crippen molar-refractivity contribution in [1.29, 1.82) is 0 Å². The number of hydrogen-bond acceptors (Lipinski definition) is 10. The van der Waals surface area contributed by atoms with Gasteiger partial charge in [-0.2, -0.15) is 5.06 Å². The van der Waals surface area contributed by atoms with Crippen molar-refractivity contribution in [1.82, 2.24) is 20.4 Å². The number of nitrogens with zero attached hydrogens (tertiary/aromatic N) is 1. The van der Waals surface area contributed by atoms with Crippen LogP contribution in [0.1, 0.15) is 111 Å². The summed E-state index contributed by atoms with van der Waals surface area (Å²) in [5, 5.41) is 29.8. The standard InChI is InChI=1S/C40H70N4O8S/c1-23-32-18-29(40(32,3)4)19-33(23)42-39(48)36-35(24(2)46)34(21-45)52-44(36)20-26-13-10-14-31(37(26)51-6)27-15-28(17-30(16-27)41-5)38(47)43-53(49,50)22-25-11-8-7-9-12-25/h23-37,41,45-46H,7-22H2,1-6H3,(H,42,48)(H,43,47)/t23-,24-,26?,27?,28?,29+,30?,31?,32-,33-,34-,35+,36-,37?/m0/s1. The number of aliphatic hydroxyl groups is 2. The van der Waals surface area contributed by atoms with Crippen molar-refractivity contribution in [2.45, 2.75) is 148 Å². The molecule has 2 amide bonds. The molecule has 6 unspecified atom stereocenters. The van der Waals surface area contributed by atoms with E-state index < -0.39 is 46.0 Å². The topological polar surface area (TPSA) is 167 Å². The molecule has 7 rings (SSSR count). The van der Waals surface area contributed by atoms with E-state index in [4.69, 9.17) is 9.57 Å². The summed E-state index contributed by atoms with van der Waals surface area (Å²) in [6, 6.07) is -0.613. The third-order valence-corrected chi connectivity index (χ3v) is 16.7. The van der Waals surface area contributed by atoms with Gasteiger partial charge in [0, 0.05) is 43.5 Å². The predicted molar refractivity (Wildman–Crippen MR) is 203 cm³/mol. The van der Waals surface area contributed by atoms with E-state index in [0.717, 1.165) is 64.2 Å². The average molecular weight is 767 g/mol. The summed E-state index contributed by atoms with van der Waals surface area (Å²) in [4.78, 5) is 34.2. The Kier molecular flexibility index (Phi) is 13.3. The van der Waals surface area contributed by atoms with Crippen molar-refractivity contribution in [2.24, 2.45) is 58.7 Å². The van der Waals surface area contributed by atoms with Gasteiger partial charge >= 0.3 is 0 Å². The van der Waals surface area contributed by atoms with Crippen molar-refractivity contribution in [2.75, 3.05) is 33.1 Å². The summed E-state index contributed by atoms with van der Waals surface area (Å²) in [5.41, 5.74) is 0.293. The third kappa shape index (κ3) is 8.81. The van der Waals surface area contributed by atoms with E-state index in [1.807, 2.05) is 7.05 Å². The summed E-state index contributed by atoms with van der Waals surface area (Å²) in [5.74, 6) is 0.382. The molecule has 53 heavy (non-hydrogen) atoms. The number of hydroxylamine groups is 2. The highest BCUT2D eigenvalue weighted by molar-refractivity contribution is 7.90. The Balaban J connectivity index is 1.14. The minimum absolute atomic E-state index is 0.0151. The van der Waals surface area contributed by atoms with E-state index in [1.165, 1.54) is 6.42 Å². The fourth-order valence-electron chi connectivity index (χ4n) is 12.2. The highest BCUT2D eigenvalue weighted by Gasteiger charge is 2.58.